The number of nitrogens with one attached hydrogen (secondary N) is 1. The molecule has 1 amide bonds. The fourth-order valence-electron chi connectivity index (χ4n) is 2.08. The van der Waals surface area contributed by atoms with Gasteiger partial charge in [0, 0.05) is 13.2 Å². The minimum atomic E-state index is -0.654. The van der Waals surface area contributed by atoms with Crippen molar-refractivity contribution in [1.29, 1.82) is 0 Å². The second-order valence-electron chi connectivity index (χ2n) is 5.37. The smallest absolute Gasteiger partial charge is 0.363 e. The van der Waals surface area contributed by atoms with E-state index in [1.54, 1.807) is 13.8 Å². The third-order valence-corrected chi connectivity index (χ3v) is 3.15. The van der Waals surface area contributed by atoms with Gasteiger partial charge in [-0.1, -0.05) is 5.21 Å². The van der Waals surface area contributed by atoms with Crippen molar-refractivity contribution < 1.29 is 19.1 Å². The van der Waals surface area contributed by atoms with Crippen LogP contribution in [-0.4, -0.2) is 52.2 Å². The molecule has 1 unspecified atom stereocenters. The van der Waals surface area contributed by atoms with Crippen LogP contribution in [0.1, 0.15) is 37.2 Å². The number of rotatable bonds is 6. The summed E-state index contributed by atoms with van der Waals surface area (Å²) in [6.07, 6.45) is 1.73. The molecule has 1 aliphatic heterocycles. The van der Waals surface area contributed by atoms with E-state index in [4.69, 9.17) is 15.2 Å². The first-order chi connectivity index (χ1) is 10.5. The van der Waals surface area contributed by atoms with Gasteiger partial charge in [-0.2, -0.15) is 0 Å². The molecule has 9 nitrogen and oxygen atoms in total. The van der Waals surface area contributed by atoms with Gasteiger partial charge in [0.15, 0.2) is 5.82 Å². The van der Waals surface area contributed by atoms with Gasteiger partial charge in [-0.15, -0.1) is 5.10 Å². The summed E-state index contributed by atoms with van der Waals surface area (Å²) in [5.74, 6) is -0.910. The minimum Gasteiger partial charge on any atom is -0.458 e. The lowest BCUT2D eigenvalue weighted by atomic mass is 10.2. The zero-order chi connectivity index (χ0) is 16.1. The van der Waals surface area contributed by atoms with E-state index in [0.717, 1.165) is 19.4 Å². The Balaban J connectivity index is 1.88. The van der Waals surface area contributed by atoms with Crippen LogP contribution in [-0.2, 0) is 20.8 Å². The summed E-state index contributed by atoms with van der Waals surface area (Å²) in [4.78, 5) is 23.6. The Kier molecular flexibility index (Phi) is 5.31. The van der Waals surface area contributed by atoms with E-state index in [2.05, 4.69) is 15.6 Å². The molecule has 0 spiro atoms. The van der Waals surface area contributed by atoms with Crippen LogP contribution in [0.3, 0.4) is 0 Å². The molecule has 9 heteroatoms. The van der Waals surface area contributed by atoms with Crippen molar-refractivity contribution in [3.63, 3.8) is 0 Å². The molecule has 1 fully saturated rings. The summed E-state index contributed by atoms with van der Waals surface area (Å²) in [7, 11) is 0. The van der Waals surface area contributed by atoms with Gasteiger partial charge < -0.3 is 20.5 Å². The Morgan fingerprint density at radius 2 is 2.32 bits per heavy atom. The molecule has 2 rings (SSSR count). The molecular formula is C13H21N5O4. The van der Waals surface area contributed by atoms with Gasteiger partial charge in [-0.05, 0) is 26.7 Å². The Morgan fingerprint density at radius 1 is 1.55 bits per heavy atom. The highest BCUT2D eigenvalue weighted by Gasteiger charge is 2.21. The van der Waals surface area contributed by atoms with Crippen LogP contribution in [0.2, 0.25) is 0 Å². The lowest BCUT2D eigenvalue weighted by Gasteiger charge is -2.11. The second-order valence-corrected chi connectivity index (χ2v) is 5.37. The highest BCUT2D eigenvalue weighted by Crippen LogP contribution is 2.11. The fourth-order valence-corrected chi connectivity index (χ4v) is 2.08. The number of amides is 1. The summed E-state index contributed by atoms with van der Waals surface area (Å²) in [5, 5.41) is 10.1. The maximum absolute atomic E-state index is 11.9. The molecule has 0 aliphatic carbocycles. The van der Waals surface area contributed by atoms with Crippen molar-refractivity contribution in [3.05, 3.63) is 5.69 Å². The van der Waals surface area contributed by atoms with Gasteiger partial charge in [-0.3, -0.25) is 4.79 Å². The monoisotopic (exact) mass is 311 g/mol. The molecule has 0 saturated carbocycles. The topological polar surface area (TPSA) is 121 Å². The first-order valence-corrected chi connectivity index (χ1v) is 7.25. The number of ether oxygens (including phenoxy) is 2. The number of nitrogens with two attached hydrogens (primary N) is 1. The first-order valence-electron chi connectivity index (χ1n) is 7.25. The van der Waals surface area contributed by atoms with Crippen LogP contribution < -0.4 is 11.1 Å². The third kappa shape index (κ3) is 4.17. The maximum atomic E-state index is 11.9. The molecule has 1 atom stereocenters. The van der Waals surface area contributed by atoms with Crippen molar-refractivity contribution >= 4 is 17.7 Å². The summed E-state index contributed by atoms with van der Waals surface area (Å²) < 4.78 is 11.6. The van der Waals surface area contributed by atoms with Crippen LogP contribution in [0.5, 0.6) is 0 Å². The van der Waals surface area contributed by atoms with E-state index in [1.807, 2.05) is 0 Å². The Labute approximate surface area is 128 Å². The van der Waals surface area contributed by atoms with Crippen LogP contribution in [0.15, 0.2) is 0 Å². The molecule has 2 heterocycles. The molecule has 122 valence electrons. The molecule has 0 aromatic carbocycles. The van der Waals surface area contributed by atoms with Crippen LogP contribution in [0, 0.1) is 0 Å². The number of hydrogen-bond donors (Lipinski definition) is 2. The number of nitrogen functional groups attached to an aromatic ring is 1. The molecular weight excluding hydrogens is 290 g/mol. The minimum absolute atomic E-state index is 0.0120. The number of carbonyl (C=O) groups is 2. The predicted molar refractivity (Wildman–Crippen MR) is 77.0 cm³/mol. The molecule has 1 saturated heterocycles. The number of aromatic nitrogens is 3. The zero-order valence-electron chi connectivity index (χ0n) is 12.7. The lowest BCUT2D eigenvalue weighted by molar-refractivity contribution is -0.122. The van der Waals surface area contributed by atoms with E-state index < -0.39 is 5.97 Å². The third-order valence-electron chi connectivity index (χ3n) is 3.15. The van der Waals surface area contributed by atoms with E-state index in [9.17, 15) is 9.59 Å². The molecule has 1 aliphatic rings. The van der Waals surface area contributed by atoms with Crippen molar-refractivity contribution in [2.45, 2.75) is 45.4 Å². The van der Waals surface area contributed by atoms with Gasteiger partial charge in [0.1, 0.15) is 6.54 Å². The standard InChI is InChI=1S/C13H21N5O4/c1-8(2)22-13(20)11-12(14)18(17-16-11)7-10(19)15-6-9-4-3-5-21-9/h8-9H,3-7,14H2,1-2H3,(H,15,19). The average molecular weight is 311 g/mol. The molecule has 0 bridgehead atoms. The molecule has 1 aromatic rings. The van der Waals surface area contributed by atoms with Crippen LogP contribution in [0.25, 0.3) is 0 Å². The number of nitrogens with zero attached hydrogens (tertiary/aromatic N) is 3. The summed E-state index contributed by atoms with van der Waals surface area (Å²) in [6.45, 7) is 4.52. The first kappa shape index (κ1) is 16.2. The lowest BCUT2D eigenvalue weighted by Crippen LogP contribution is -2.34. The number of hydrogen-bond acceptors (Lipinski definition) is 7. The summed E-state index contributed by atoms with van der Waals surface area (Å²) in [6, 6.07) is 0. The van der Waals surface area contributed by atoms with E-state index in [1.165, 1.54) is 4.68 Å². The second kappa shape index (κ2) is 7.21. The van der Waals surface area contributed by atoms with Gasteiger partial charge in [0.2, 0.25) is 11.6 Å². The zero-order valence-corrected chi connectivity index (χ0v) is 12.7. The van der Waals surface area contributed by atoms with E-state index in [0.29, 0.717) is 6.54 Å². The van der Waals surface area contributed by atoms with E-state index in [-0.39, 0.29) is 36.2 Å². The number of anilines is 1. The number of esters is 1. The number of carbonyl (C=O) groups excluding carboxylic acids is 2. The van der Waals surface area contributed by atoms with Crippen molar-refractivity contribution in [1.82, 2.24) is 20.3 Å². The van der Waals surface area contributed by atoms with Gasteiger partial charge in [0.25, 0.3) is 0 Å². The molecule has 0 radical (unpaired) electrons. The Hall–Kier alpha value is -2.16. The van der Waals surface area contributed by atoms with Crippen molar-refractivity contribution in [3.8, 4) is 0 Å². The van der Waals surface area contributed by atoms with Crippen molar-refractivity contribution in [2.24, 2.45) is 0 Å². The van der Waals surface area contributed by atoms with Gasteiger partial charge >= 0.3 is 5.97 Å². The van der Waals surface area contributed by atoms with Crippen molar-refractivity contribution in [2.75, 3.05) is 18.9 Å². The van der Waals surface area contributed by atoms with E-state index >= 15 is 0 Å². The normalized spacial score (nSPS) is 17.7. The van der Waals surface area contributed by atoms with Gasteiger partial charge in [0.05, 0.1) is 12.2 Å². The maximum Gasteiger partial charge on any atom is 0.363 e. The summed E-state index contributed by atoms with van der Waals surface area (Å²) in [5.41, 5.74) is 5.70. The van der Waals surface area contributed by atoms with Crippen LogP contribution in [0.4, 0.5) is 5.82 Å². The molecule has 22 heavy (non-hydrogen) atoms. The fraction of sp³-hybridized carbons (Fsp3) is 0.692. The highest BCUT2D eigenvalue weighted by atomic mass is 16.5. The molecule has 3 N–H and O–H groups in total. The van der Waals surface area contributed by atoms with Gasteiger partial charge in [-0.25, -0.2) is 9.48 Å². The largest absolute Gasteiger partial charge is 0.458 e. The molecule has 1 aromatic heterocycles. The quantitative estimate of drug-likeness (QED) is 0.693. The van der Waals surface area contributed by atoms with Crippen LogP contribution >= 0.6 is 0 Å². The average Bonchev–Trinajstić information content (AvgIpc) is 3.07. The Morgan fingerprint density at radius 3 is 2.95 bits per heavy atom. The summed E-state index contributed by atoms with van der Waals surface area (Å²) >= 11 is 0. The highest BCUT2D eigenvalue weighted by molar-refractivity contribution is 5.92. The SMILES string of the molecule is CC(C)OC(=O)c1nnn(CC(=O)NCC2CCCO2)c1N. The Bertz CT molecular complexity index is 537. The predicted octanol–water partition coefficient (Wildman–Crippen LogP) is -0.279.